The Kier molecular flexibility index (Phi) is 11.3. The van der Waals surface area contributed by atoms with E-state index in [9.17, 15) is 19.6 Å². The molecule has 2 aliphatic heterocycles. The zero-order chi connectivity index (χ0) is 32.7. The summed E-state index contributed by atoms with van der Waals surface area (Å²) in [7, 11) is 0.229. The summed E-state index contributed by atoms with van der Waals surface area (Å²) in [6.45, 7) is 10.1. The molecule has 3 heterocycles. The minimum Gasteiger partial charge on any atom is -0.444 e. The Balaban J connectivity index is 1.62. The predicted molar refractivity (Wildman–Crippen MR) is 176 cm³/mol. The molecule has 1 aromatic heterocycles. The Morgan fingerprint density at radius 2 is 1.87 bits per heavy atom. The lowest BCUT2D eigenvalue weighted by Crippen LogP contribution is -2.39. The van der Waals surface area contributed by atoms with Gasteiger partial charge in [0.05, 0.1) is 19.1 Å². The molecule has 2 aliphatic rings. The van der Waals surface area contributed by atoms with Crippen LogP contribution in [0, 0.1) is 11.3 Å². The number of nitrogens with one attached hydrogen (secondary N) is 1. The normalized spacial score (nSPS) is 15.9. The maximum absolute atomic E-state index is 13.7. The molecule has 1 N–H and O–H groups in total. The van der Waals surface area contributed by atoms with Crippen LogP contribution in [-0.4, -0.2) is 93.9 Å². The van der Waals surface area contributed by atoms with E-state index in [4.69, 9.17) is 9.47 Å². The van der Waals surface area contributed by atoms with Gasteiger partial charge in [-0.1, -0.05) is 12.1 Å². The van der Waals surface area contributed by atoms with E-state index in [1.54, 1.807) is 16.4 Å². The lowest BCUT2D eigenvalue weighted by molar-refractivity contribution is -0.129. The van der Waals surface area contributed by atoms with E-state index < -0.39 is 11.5 Å². The Hall–Kier alpha value is -3.82. The number of benzene rings is 1. The molecule has 0 saturated carbocycles. The summed E-state index contributed by atoms with van der Waals surface area (Å²) in [4.78, 5) is 46.3. The van der Waals surface area contributed by atoms with Crippen molar-refractivity contribution in [1.29, 1.82) is 5.26 Å². The molecule has 3 amide bonds. The Morgan fingerprint density at radius 3 is 2.51 bits per heavy atom. The molecule has 45 heavy (non-hydrogen) atoms. The van der Waals surface area contributed by atoms with E-state index in [1.165, 1.54) is 6.20 Å². The largest absolute Gasteiger partial charge is 0.444 e. The molecule has 0 atom stereocenters. The number of rotatable bonds is 9. The van der Waals surface area contributed by atoms with Crippen molar-refractivity contribution in [3.05, 3.63) is 53.1 Å². The SMILES string of the molecule is CC(=O)N1CCC(c2ccc(NC(=O)c3nc(C#N)cn3COCC[S+](C)C)c(C3=CCCN(C(=O)OC(C)(C)C)C3)c2)CC1. The summed E-state index contributed by atoms with van der Waals surface area (Å²) in [5, 5.41) is 12.5. The highest BCUT2D eigenvalue weighted by Gasteiger charge is 2.28. The topological polar surface area (TPSA) is 130 Å². The van der Waals surface area contributed by atoms with Crippen LogP contribution in [-0.2, 0) is 31.9 Å². The highest BCUT2D eigenvalue weighted by Crippen LogP contribution is 2.35. The first-order valence-corrected chi connectivity index (χ1v) is 17.5. The van der Waals surface area contributed by atoms with Crippen molar-refractivity contribution in [2.24, 2.45) is 0 Å². The van der Waals surface area contributed by atoms with Gasteiger partial charge in [0, 0.05) is 50.6 Å². The maximum Gasteiger partial charge on any atom is 0.410 e. The summed E-state index contributed by atoms with van der Waals surface area (Å²) >= 11 is 0. The van der Waals surface area contributed by atoms with Gasteiger partial charge in [-0.3, -0.25) is 9.59 Å². The van der Waals surface area contributed by atoms with Crippen molar-refractivity contribution in [1.82, 2.24) is 19.4 Å². The molecule has 0 bridgehead atoms. The minimum atomic E-state index is -0.616. The van der Waals surface area contributed by atoms with E-state index in [0.29, 0.717) is 44.9 Å². The van der Waals surface area contributed by atoms with Gasteiger partial charge in [-0.25, -0.2) is 9.78 Å². The van der Waals surface area contributed by atoms with Crippen molar-refractivity contribution < 1.29 is 23.9 Å². The number of anilines is 1. The quantitative estimate of drug-likeness (QED) is 0.314. The van der Waals surface area contributed by atoms with E-state index >= 15 is 0 Å². The van der Waals surface area contributed by atoms with Crippen LogP contribution in [0.25, 0.3) is 5.57 Å². The number of nitriles is 1. The fraction of sp³-hybridized carbons (Fsp3) is 0.545. The van der Waals surface area contributed by atoms with Gasteiger partial charge in [0.25, 0.3) is 5.91 Å². The Labute approximate surface area is 268 Å². The first kappa shape index (κ1) is 34.1. The number of nitrogens with zero attached hydrogens (tertiary/aromatic N) is 5. The molecule has 0 spiro atoms. The molecule has 11 nitrogen and oxygen atoms in total. The third-order valence-electron chi connectivity index (χ3n) is 7.81. The number of hydrogen-bond donors (Lipinski definition) is 1. The lowest BCUT2D eigenvalue weighted by Gasteiger charge is -2.33. The van der Waals surface area contributed by atoms with Crippen LogP contribution in [0.15, 0.2) is 30.5 Å². The third-order valence-corrected chi connectivity index (χ3v) is 8.80. The number of carbonyl (C=O) groups is 3. The fourth-order valence-electron chi connectivity index (χ4n) is 5.46. The molecule has 0 unspecified atom stereocenters. The van der Waals surface area contributed by atoms with Gasteiger partial charge in [0.15, 0.2) is 5.69 Å². The van der Waals surface area contributed by atoms with Gasteiger partial charge in [0.2, 0.25) is 11.7 Å². The van der Waals surface area contributed by atoms with Gasteiger partial charge in [0.1, 0.15) is 24.2 Å². The van der Waals surface area contributed by atoms with Crippen molar-refractivity contribution in [2.75, 3.05) is 56.4 Å². The number of hydrogen-bond acceptors (Lipinski definition) is 7. The number of amides is 3. The Morgan fingerprint density at radius 1 is 1.13 bits per heavy atom. The summed E-state index contributed by atoms with van der Waals surface area (Å²) in [6, 6.07) is 8.02. The highest BCUT2D eigenvalue weighted by molar-refractivity contribution is 7.95. The first-order chi connectivity index (χ1) is 21.3. The van der Waals surface area contributed by atoms with Crippen LogP contribution < -0.4 is 5.32 Å². The van der Waals surface area contributed by atoms with E-state index in [0.717, 1.165) is 35.3 Å². The molecule has 4 rings (SSSR count). The fourth-order valence-corrected chi connectivity index (χ4v) is 5.91. The van der Waals surface area contributed by atoms with Gasteiger partial charge in [-0.15, -0.1) is 0 Å². The van der Waals surface area contributed by atoms with Crippen LogP contribution in [0.2, 0.25) is 0 Å². The smallest absolute Gasteiger partial charge is 0.410 e. The second kappa shape index (κ2) is 15.0. The molecule has 1 aromatic carbocycles. The molecule has 242 valence electrons. The van der Waals surface area contributed by atoms with Crippen LogP contribution in [0.1, 0.15) is 80.3 Å². The van der Waals surface area contributed by atoms with E-state index in [-0.39, 0.29) is 47.1 Å². The highest BCUT2D eigenvalue weighted by atomic mass is 32.2. The first-order valence-electron chi connectivity index (χ1n) is 15.3. The summed E-state index contributed by atoms with van der Waals surface area (Å²) in [5.41, 5.74) is 2.94. The second-order valence-electron chi connectivity index (χ2n) is 12.7. The summed E-state index contributed by atoms with van der Waals surface area (Å²) in [5.74, 6) is 0.870. The second-order valence-corrected chi connectivity index (χ2v) is 15.1. The van der Waals surface area contributed by atoms with Crippen molar-refractivity contribution >= 4 is 40.1 Å². The molecule has 1 saturated heterocycles. The zero-order valence-corrected chi connectivity index (χ0v) is 28.0. The molecule has 12 heteroatoms. The number of piperidine rings is 1. The minimum absolute atomic E-state index is 0.0817. The third kappa shape index (κ3) is 9.34. The van der Waals surface area contributed by atoms with E-state index in [1.807, 2.05) is 43.9 Å². The predicted octanol–water partition coefficient (Wildman–Crippen LogP) is 4.61. The van der Waals surface area contributed by atoms with Crippen molar-refractivity contribution in [3.63, 3.8) is 0 Å². The Bertz CT molecular complexity index is 1460. The standard InChI is InChI=1S/C33H44N6O5S/c1-23(40)37-14-11-24(12-15-37)25-9-10-29(28(18-25)26-8-7-13-38(20-26)32(42)44-33(2,3)4)36-31(41)30-35-27(19-34)21-39(30)22-43-16-17-45(5)6/h8-10,18,21,24H,7,11-17,20,22H2,1-6H3/p+1. The molecular formula is C33H45N6O5S+. The van der Waals surface area contributed by atoms with Crippen LogP contribution >= 0.6 is 0 Å². The molecular weight excluding hydrogens is 592 g/mol. The van der Waals surface area contributed by atoms with Crippen molar-refractivity contribution in [3.8, 4) is 6.07 Å². The van der Waals surface area contributed by atoms with Gasteiger partial charge >= 0.3 is 6.09 Å². The molecule has 0 aliphatic carbocycles. The van der Waals surface area contributed by atoms with E-state index in [2.05, 4.69) is 35.0 Å². The number of aromatic nitrogens is 2. The molecule has 1 fully saturated rings. The van der Waals surface area contributed by atoms with Crippen molar-refractivity contribution in [2.45, 2.75) is 65.2 Å². The monoisotopic (exact) mass is 637 g/mol. The number of carbonyl (C=O) groups excluding carboxylic acids is 3. The van der Waals surface area contributed by atoms with Crippen LogP contribution in [0.3, 0.4) is 0 Å². The molecule has 2 aromatic rings. The average molecular weight is 638 g/mol. The maximum atomic E-state index is 13.7. The van der Waals surface area contributed by atoms with Crippen LogP contribution in [0.5, 0.6) is 0 Å². The lowest BCUT2D eigenvalue weighted by atomic mass is 9.86. The van der Waals surface area contributed by atoms with Gasteiger partial charge in [-0.05, 0) is 80.1 Å². The summed E-state index contributed by atoms with van der Waals surface area (Å²) in [6.07, 6.45) is 9.86. The number of imidazole rings is 1. The number of likely N-dealkylation sites (tertiary alicyclic amines) is 1. The zero-order valence-electron chi connectivity index (χ0n) is 27.2. The number of ether oxygens (including phenoxy) is 2. The average Bonchev–Trinajstić information content (AvgIpc) is 3.42. The van der Waals surface area contributed by atoms with Crippen LogP contribution in [0.4, 0.5) is 10.5 Å². The summed E-state index contributed by atoms with van der Waals surface area (Å²) < 4.78 is 13.0. The van der Waals surface area contributed by atoms with Gasteiger partial charge < -0.3 is 29.2 Å². The molecule has 0 radical (unpaired) electrons. The van der Waals surface area contributed by atoms with Gasteiger partial charge in [-0.2, -0.15) is 5.26 Å².